The maximum absolute atomic E-state index is 14.6. The number of hydrogen-bond acceptors (Lipinski definition) is 12. The first-order valence-electron chi connectivity index (χ1n) is 22.2. The van der Waals surface area contributed by atoms with E-state index in [1.165, 1.54) is 31.2 Å². The number of nitrogens with one attached hydrogen (secondary N) is 2. The number of unbranched alkanes of at least 4 members (excludes halogenated alkanes) is 6. The molecule has 2 aromatic carbocycles. The predicted molar refractivity (Wildman–Crippen MR) is 238 cm³/mol. The molecule has 3 rings (SSSR count). The van der Waals surface area contributed by atoms with E-state index in [4.69, 9.17) is 26.7 Å². The lowest BCUT2D eigenvalue weighted by atomic mass is 9.88. The number of nitrogens with two attached hydrogens (primary N) is 3. The Labute approximate surface area is 367 Å². The number of Topliss-reactive ketones (excluding diaryl/α,β-unsaturated/α-hetero) is 3. The molecule has 0 radical (unpaired) electrons. The highest BCUT2D eigenvalue weighted by molar-refractivity contribution is 5.97. The summed E-state index contributed by atoms with van der Waals surface area (Å²) >= 11 is 0. The van der Waals surface area contributed by atoms with Gasteiger partial charge in [-0.1, -0.05) is 64.5 Å². The number of nitrogens with zero attached hydrogens (tertiary/aromatic N) is 2. The third-order valence-electron chi connectivity index (χ3n) is 11.2. The van der Waals surface area contributed by atoms with Crippen molar-refractivity contribution in [1.82, 2.24) is 15.5 Å². The second-order valence-electron chi connectivity index (χ2n) is 16.3. The summed E-state index contributed by atoms with van der Waals surface area (Å²) in [5, 5.41) is 14.8. The summed E-state index contributed by atoms with van der Waals surface area (Å²) in [6.07, 6.45) is 7.34. The van der Waals surface area contributed by atoms with Gasteiger partial charge in [0.25, 0.3) is 0 Å². The van der Waals surface area contributed by atoms with Gasteiger partial charge in [0.1, 0.15) is 30.8 Å². The standard InChI is InChI=1S/C47H69N7O8/c1-5-6-7-8-9-10-11-14-44(58)52-32(3)40(56)30-35(19-21-49)47(60)54(4)45-34-16-18-43(62-25-23-51)37(29-34)36-27-33(15-17-42(36)61-24-22-50)28-38(39(55)13-12-20-48)53-46(59)31(2)26-41(45)57/h15-18,27,29,31-32,35,38,45H,5-14,19,21-26,28,30,49-51H2,1-4H3,(H,52,58)(H,53,59)/t31-,32-,35-,38+,45+/m1/s1. The summed E-state index contributed by atoms with van der Waals surface area (Å²) in [6, 6.07) is 9.35. The van der Waals surface area contributed by atoms with Crippen LogP contribution >= 0.6 is 0 Å². The molecule has 340 valence electrons. The summed E-state index contributed by atoms with van der Waals surface area (Å²) in [5.41, 5.74) is 19.8. The quantitative estimate of drug-likeness (QED) is 0.0860. The molecule has 3 amide bonds. The topological polar surface area (TPSA) is 250 Å². The summed E-state index contributed by atoms with van der Waals surface area (Å²) in [7, 11) is 1.49. The minimum atomic E-state index is -1.23. The number of likely N-dealkylation sites (N-methyl/N-ethyl adjacent to an activating group) is 1. The first kappa shape index (κ1) is 51.2. The van der Waals surface area contributed by atoms with Gasteiger partial charge in [0.2, 0.25) is 17.7 Å². The van der Waals surface area contributed by atoms with E-state index in [-0.39, 0.29) is 88.8 Å². The van der Waals surface area contributed by atoms with Crippen molar-refractivity contribution >= 4 is 35.1 Å². The Kier molecular flexibility index (Phi) is 22.3. The third kappa shape index (κ3) is 15.6. The van der Waals surface area contributed by atoms with Crippen LogP contribution in [0.1, 0.15) is 121 Å². The molecule has 1 heterocycles. The highest BCUT2D eigenvalue weighted by Crippen LogP contribution is 2.41. The number of nitriles is 1. The first-order valence-corrected chi connectivity index (χ1v) is 22.2. The van der Waals surface area contributed by atoms with Crippen LogP contribution in [-0.4, -0.2) is 92.0 Å². The van der Waals surface area contributed by atoms with Crippen molar-refractivity contribution in [2.45, 2.75) is 129 Å². The Hall–Kier alpha value is -5.17. The SMILES string of the molecule is CCCCCCCCCC(=O)N[C@H](C)C(=O)C[C@@H](CCN)C(=O)N(C)[C@@H]1C(=O)C[C@@H](C)C(=O)N[C@H](C(=O)CCC#N)Cc2ccc(OCCN)c(c2)-c2cc1ccc2OCCN. The molecule has 15 heteroatoms. The van der Waals surface area contributed by atoms with Crippen LogP contribution in [0.4, 0.5) is 0 Å². The van der Waals surface area contributed by atoms with Gasteiger partial charge in [0, 0.05) is 75.2 Å². The molecule has 5 atom stereocenters. The molecule has 0 aliphatic carbocycles. The third-order valence-corrected chi connectivity index (χ3v) is 11.2. The number of carbonyl (C=O) groups excluding carboxylic acids is 6. The Morgan fingerprint density at radius 1 is 0.887 bits per heavy atom. The Bertz CT molecular complexity index is 1860. The number of rotatable bonds is 25. The molecule has 8 N–H and O–H groups in total. The van der Waals surface area contributed by atoms with Crippen LogP contribution in [-0.2, 0) is 35.2 Å². The van der Waals surface area contributed by atoms with Gasteiger partial charge < -0.3 is 42.2 Å². The average molecular weight is 860 g/mol. The lowest BCUT2D eigenvalue weighted by Gasteiger charge is -2.32. The van der Waals surface area contributed by atoms with Crippen LogP contribution in [0.15, 0.2) is 36.4 Å². The van der Waals surface area contributed by atoms with Gasteiger partial charge >= 0.3 is 0 Å². The van der Waals surface area contributed by atoms with Crippen molar-refractivity contribution in [3.63, 3.8) is 0 Å². The molecule has 1 aliphatic rings. The Balaban J connectivity index is 2.05. The molecule has 62 heavy (non-hydrogen) atoms. The van der Waals surface area contributed by atoms with E-state index in [1.807, 2.05) is 12.1 Å². The zero-order valence-electron chi connectivity index (χ0n) is 37.2. The molecule has 15 nitrogen and oxygen atoms in total. The molecule has 0 saturated carbocycles. The fourth-order valence-corrected chi connectivity index (χ4v) is 7.70. The normalized spacial score (nSPS) is 17.4. The Morgan fingerprint density at radius 2 is 1.52 bits per heavy atom. The summed E-state index contributed by atoms with van der Waals surface area (Å²) in [6.45, 7) is 6.20. The first-order chi connectivity index (χ1) is 29.8. The van der Waals surface area contributed by atoms with Crippen molar-refractivity contribution in [3.05, 3.63) is 47.5 Å². The van der Waals surface area contributed by atoms with Gasteiger partial charge in [-0.2, -0.15) is 5.26 Å². The van der Waals surface area contributed by atoms with Gasteiger partial charge in [-0.25, -0.2) is 0 Å². The average Bonchev–Trinajstić information content (AvgIpc) is 3.25. The highest BCUT2D eigenvalue weighted by atomic mass is 16.5. The lowest BCUT2D eigenvalue weighted by Crippen LogP contribution is -2.46. The number of hydrogen-bond donors (Lipinski definition) is 5. The van der Waals surface area contributed by atoms with Crippen LogP contribution in [0.3, 0.4) is 0 Å². The van der Waals surface area contributed by atoms with E-state index >= 15 is 0 Å². The molecule has 1 aliphatic heterocycles. The summed E-state index contributed by atoms with van der Waals surface area (Å²) in [5.74, 6) is -3.40. The van der Waals surface area contributed by atoms with Crippen LogP contribution in [0.5, 0.6) is 11.5 Å². The number of fused-ring (bicyclic) bond motifs is 5. The van der Waals surface area contributed by atoms with Gasteiger partial charge in [-0.05, 0) is 68.1 Å². The van der Waals surface area contributed by atoms with E-state index in [1.54, 1.807) is 44.2 Å². The van der Waals surface area contributed by atoms with E-state index in [0.717, 1.165) is 25.7 Å². The van der Waals surface area contributed by atoms with Crippen molar-refractivity contribution in [3.8, 4) is 28.7 Å². The molecule has 2 aromatic rings. The molecule has 0 aromatic heterocycles. The van der Waals surface area contributed by atoms with Crippen molar-refractivity contribution in [2.75, 3.05) is 39.9 Å². The molecule has 0 fully saturated rings. The van der Waals surface area contributed by atoms with Gasteiger partial charge in [0.15, 0.2) is 17.3 Å². The zero-order valence-corrected chi connectivity index (χ0v) is 37.2. The molecular weight excluding hydrogens is 791 g/mol. The van der Waals surface area contributed by atoms with E-state index in [2.05, 4.69) is 17.6 Å². The monoisotopic (exact) mass is 860 g/mol. The van der Waals surface area contributed by atoms with Crippen molar-refractivity contribution < 1.29 is 38.2 Å². The van der Waals surface area contributed by atoms with Crippen molar-refractivity contribution in [1.29, 1.82) is 5.26 Å². The van der Waals surface area contributed by atoms with Crippen LogP contribution < -0.4 is 37.3 Å². The number of ketones is 3. The fourth-order valence-electron chi connectivity index (χ4n) is 7.70. The predicted octanol–water partition coefficient (Wildman–Crippen LogP) is 4.61. The number of ether oxygens (including phenoxy) is 2. The van der Waals surface area contributed by atoms with Gasteiger partial charge in [0.05, 0.1) is 18.2 Å². The van der Waals surface area contributed by atoms with E-state index in [9.17, 15) is 34.0 Å². The van der Waals surface area contributed by atoms with Crippen LogP contribution in [0.25, 0.3) is 11.1 Å². The number of carbonyl (C=O) groups is 6. The van der Waals surface area contributed by atoms with Gasteiger partial charge in [-0.3, -0.25) is 28.8 Å². The smallest absolute Gasteiger partial charge is 0.226 e. The Morgan fingerprint density at radius 3 is 2.15 bits per heavy atom. The summed E-state index contributed by atoms with van der Waals surface area (Å²) in [4.78, 5) is 83.9. The largest absolute Gasteiger partial charge is 0.492 e. The molecule has 0 spiro atoms. The molecule has 0 unspecified atom stereocenters. The molecule has 0 saturated heterocycles. The maximum Gasteiger partial charge on any atom is 0.226 e. The van der Waals surface area contributed by atoms with E-state index < -0.39 is 47.6 Å². The maximum atomic E-state index is 14.6. The second-order valence-corrected chi connectivity index (χ2v) is 16.3. The van der Waals surface area contributed by atoms with Crippen LogP contribution in [0, 0.1) is 23.2 Å². The highest BCUT2D eigenvalue weighted by Gasteiger charge is 2.36. The van der Waals surface area contributed by atoms with Crippen molar-refractivity contribution in [2.24, 2.45) is 29.0 Å². The second kappa shape index (κ2) is 27.0. The molecular formula is C47H69N7O8. The number of benzene rings is 2. The van der Waals surface area contributed by atoms with Gasteiger partial charge in [-0.15, -0.1) is 0 Å². The minimum Gasteiger partial charge on any atom is -0.492 e. The molecule has 4 bridgehead atoms. The lowest BCUT2D eigenvalue weighted by molar-refractivity contribution is -0.144. The van der Waals surface area contributed by atoms with Crippen LogP contribution in [0.2, 0.25) is 0 Å². The number of amides is 3. The van der Waals surface area contributed by atoms with E-state index in [0.29, 0.717) is 40.2 Å². The zero-order chi connectivity index (χ0) is 45.6. The fraction of sp³-hybridized carbons (Fsp3) is 0.596. The summed E-state index contributed by atoms with van der Waals surface area (Å²) < 4.78 is 12.2. The minimum absolute atomic E-state index is 0.0311.